The van der Waals surface area contributed by atoms with E-state index >= 15 is 0 Å². The van der Waals surface area contributed by atoms with Gasteiger partial charge in [0.05, 0.1) is 29.2 Å². The van der Waals surface area contributed by atoms with Gasteiger partial charge in [-0.2, -0.15) is 0 Å². The van der Waals surface area contributed by atoms with Crippen molar-refractivity contribution in [1.29, 1.82) is 0 Å². The molecular formula is C42H66IN7O9. The maximum absolute atomic E-state index is 14.0. The number of hydrogen-bond donors (Lipinski definition) is 3. The number of aliphatic hydroxyl groups excluding tert-OH is 1. The first-order chi connectivity index (χ1) is 27.9. The minimum Gasteiger partial charge on any atom is -0.459 e. The molecule has 0 amide bonds. The SMILES string of the molecule is CC[C@H]1OC(=O)[C@H](C)C[C@H](I)[C@@H](O[C@H]2C[C@@H](N(C)CCc3cn(C[C@H]4CCCN4Cc4ccc([N+](=O)[O-])cc4)nn3)C[C@@H](C)O2)C(=O)C[C@@H](C)CN[C@H](C)[C@@H](O)[C@]1(C)O. The second kappa shape index (κ2) is 21.4. The van der Waals surface area contributed by atoms with Crippen LogP contribution in [0.15, 0.2) is 30.5 Å². The Labute approximate surface area is 362 Å². The maximum atomic E-state index is 14.0. The number of non-ortho nitro benzene ring substituents is 1. The van der Waals surface area contributed by atoms with Gasteiger partial charge in [-0.15, -0.1) is 5.10 Å². The Morgan fingerprint density at radius 3 is 2.58 bits per heavy atom. The van der Waals surface area contributed by atoms with Gasteiger partial charge in [-0.1, -0.05) is 60.7 Å². The van der Waals surface area contributed by atoms with Gasteiger partial charge in [-0.3, -0.25) is 29.3 Å². The van der Waals surface area contributed by atoms with E-state index in [-0.39, 0.29) is 44.8 Å². The van der Waals surface area contributed by atoms with Crippen LogP contribution in [-0.4, -0.2) is 137 Å². The van der Waals surface area contributed by atoms with E-state index in [0.29, 0.717) is 38.3 Å². The number of cyclic esters (lactones) is 1. The van der Waals surface area contributed by atoms with Crippen LogP contribution in [0.1, 0.15) is 97.7 Å². The molecule has 0 aliphatic carbocycles. The fourth-order valence-electron chi connectivity index (χ4n) is 8.70. The molecule has 3 N–H and O–H groups in total. The van der Waals surface area contributed by atoms with E-state index in [1.807, 2.05) is 43.8 Å². The summed E-state index contributed by atoms with van der Waals surface area (Å²) in [7, 11) is 2.09. The first-order valence-electron chi connectivity index (χ1n) is 21.3. The van der Waals surface area contributed by atoms with Gasteiger partial charge in [0.2, 0.25) is 0 Å². The molecule has 0 spiro atoms. The summed E-state index contributed by atoms with van der Waals surface area (Å²) in [5.41, 5.74) is 0.379. The van der Waals surface area contributed by atoms with E-state index in [9.17, 15) is 29.9 Å². The zero-order valence-corrected chi connectivity index (χ0v) is 37.9. The number of nitro benzene ring substituents is 1. The molecular weight excluding hydrogens is 873 g/mol. The van der Waals surface area contributed by atoms with Crippen molar-refractivity contribution < 1.29 is 38.9 Å². The summed E-state index contributed by atoms with van der Waals surface area (Å²) in [5.74, 6) is -1.23. The van der Waals surface area contributed by atoms with Gasteiger partial charge in [-0.25, -0.2) is 0 Å². The number of carbonyl (C=O) groups excluding carboxylic acids is 2. The Bertz CT molecular complexity index is 1680. The van der Waals surface area contributed by atoms with Crippen LogP contribution in [0.3, 0.4) is 0 Å². The molecule has 330 valence electrons. The monoisotopic (exact) mass is 939 g/mol. The second-order valence-electron chi connectivity index (χ2n) is 17.5. The quantitative estimate of drug-likeness (QED) is 0.0888. The molecule has 3 saturated heterocycles. The number of nitrogens with one attached hydrogen (secondary N) is 1. The minimum absolute atomic E-state index is 0.0670. The number of aliphatic hydroxyl groups is 2. The van der Waals surface area contributed by atoms with Crippen molar-refractivity contribution in [2.75, 3.05) is 26.7 Å². The van der Waals surface area contributed by atoms with Gasteiger partial charge < -0.3 is 34.6 Å². The number of likely N-dealkylation sites (tertiary alicyclic amines) is 1. The molecule has 1 aromatic carbocycles. The molecule has 3 aliphatic rings. The Balaban J connectivity index is 1.18. The molecule has 0 radical (unpaired) electrons. The van der Waals surface area contributed by atoms with E-state index in [1.165, 1.54) is 6.92 Å². The lowest BCUT2D eigenvalue weighted by Crippen LogP contribution is -2.58. The van der Waals surface area contributed by atoms with Crippen molar-refractivity contribution in [3.63, 3.8) is 0 Å². The van der Waals surface area contributed by atoms with Crippen molar-refractivity contribution in [1.82, 2.24) is 30.1 Å². The summed E-state index contributed by atoms with van der Waals surface area (Å²) < 4.78 is 20.3. The van der Waals surface area contributed by atoms with E-state index < -0.39 is 48.1 Å². The molecule has 0 unspecified atom stereocenters. The third-order valence-corrected chi connectivity index (χ3v) is 13.6. The molecule has 16 nitrogen and oxygen atoms in total. The van der Waals surface area contributed by atoms with Crippen LogP contribution >= 0.6 is 22.6 Å². The van der Waals surface area contributed by atoms with Crippen LogP contribution < -0.4 is 5.32 Å². The summed E-state index contributed by atoms with van der Waals surface area (Å²) in [6, 6.07) is 6.70. The fourth-order valence-corrected chi connectivity index (χ4v) is 10.0. The number of nitrogens with zero attached hydrogens (tertiary/aromatic N) is 6. The molecule has 3 fully saturated rings. The Hall–Kier alpha value is -2.65. The van der Waals surface area contributed by atoms with E-state index in [1.54, 1.807) is 26.0 Å². The second-order valence-corrected chi connectivity index (χ2v) is 19.1. The third kappa shape index (κ3) is 12.9. The molecule has 5 rings (SSSR count). The first-order valence-corrected chi connectivity index (χ1v) is 22.6. The topological polar surface area (TPSA) is 195 Å². The fraction of sp³-hybridized carbons (Fsp3) is 0.762. The highest BCUT2D eigenvalue weighted by atomic mass is 127. The summed E-state index contributed by atoms with van der Waals surface area (Å²) >= 11 is 2.22. The average molecular weight is 940 g/mol. The molecule has 17 heteroatoms. The maximum Gasteiger partial charge on any atom is 0.309 e. The number of alkyl halides is 1. The third-order valence-electron chi connectivity index (χ3n) is 12.4. The number of benzene rings is 1. The highest BCUT2D eigenvalue weighted by Gasteiger charge is 2.44. The van der Waals surface area contributed by atoms with Gasteiger partial charge in [0.1, 0.15) is 23.9 Å². The zero-order chi connectivity index (χ0) is 43.0. The smallest absolute Gasteiger partial charge is 0.309 e. The number of esters is 1. The molecule has 3 aliphatic heterocycles. The molecule has 1 aromatic heterocycles. The lowest BCUT2D eigenvalue weighted by molar-refractivity contribution is -0.384. The van der Waals surface area contributed by atoms with Gasteiger partial charge >= 0.3 is 5.97 Å². The van der Waals surface area contributed by atoms with E-state index in [0.717, 1.165) is 56.7 Å². The Morgan fingerprint density at radius 2 is 1.88 bits per heavy atom. The van der Waals surface area contributed by atoms with Gasteiger partial charge in [0.25, 0.3) is 5.69 Å². The summed E-state index contributed by atoms with van der Waals surface area (Å²) in [4.78, 5) is 42.8. The molecule has 59 heavy (non-hydrogen) atoms. The van der Waals surface area contributed by atoms with Crippen LogP contribution in [0, 0.1) is 22.0 Å². The highest BCUT2D eigenvalue weighted by molar-refractivity contribution is 14.1. The van der Waals surface area contributed by atoms with Crippen molar-refractivity contribution >= 4 is 40.0 Å². The van der Waals surface area contributed by atoms with Crippen LogP contribution in [0.25, 0.3) is 0 Å². The molecule has 12 atom stereocenters. The van der Waals surface area contributed by atoms with Crippen molar-refractivity contribution in [3.05, 3.63) is 51.8 Å². The van der Waals surface area contributed by atoms with E-state index in [2.05, 4.69) is 55.1 Å². The van der Waals surface area contributed by atoms with Gasteiger partial charge in [-0.05, 0) is 84.5 Å². The van der Waals surface area contributed by atoms with E-state index in [4.69, 9.17) is 14.2 Å². The standard InChI is InChI=1S/C42H66IN7O9/c1-8-37-42(6,54)40(52)29(5)44-22-26(2)18-36(51)39(35(43)19-27(3)41(53)58-37)59-38-21-34(20-28(4)57-38)47(7)17-15-31-24-49(46-45-31)25-33-10-9-16-48(33)23-30-11-13-32(14-12-30)50(55)56/h11-14,24,26-29,33-35,37-40,44,52,54H,8-10,15-23,25H2,1-7H3/t26-,27-,28-,29-,33-,34+,35+,37-,38+,39-,40-,42-/m1/s1. The molecule has 4 heterocycles. The summed E-state index contributed by atoms with van der Waals surface area (Å²) in [6.45, 7) is 14.4. The number of Topliss-reactive ketones (excluding diaryl/α,β-unsaturated/α-hetero) is 1. The van der Waals surface area contributed by atoms with Crippen LogP contribution in [0.5, 0.6) is 0 Å². The van der Waals surface area contributed by atoms with Crippen molar-refractivity contribution in [2.24, 2.45) is 11.8 Å². The minimum atomic E-state index is -1.68. The number of nitro groups is 1. The van der Waals surface area contributed by atoms with Gasteiger partial charge in [0, 0.05) is 72.7 Å². The number of ether oxygens (including phenoxy) is 3. The highest BCUT2D eigenvalue weighted by Crippen LogP contribution is 2.31. The predicted octanol–water partition coefficient (Wildman–Crippen LogP) is 4.45. The lowest BCUT2D eigenvalue weighted by Gasteiger charge is -2.40. The normalized spacial score (nSPS) is 34.7. The lowest BCUT2D eigenvalue weighted by atomic mass is 9.86. The predicted molar refractivity (Wildman–Crippen MR) is 230 cm³/mol. The number of halogens is 1. The number of rotatable bonds is 12. The summed E-state index contributed by atoms with van der Waals surface area (Å²) in [5, 5.41) is 45.7. The molecule has 2 aromatic rings. The number of hydrogen-bond acceptors (Lipinski definition) is 14. The Morgan fingerprint density at radius 1 is 1.15 bits per heavy atom. The number of carbonyl (C=O) groups is 2. The molecule has 0 saturated carbocycles. The number of ketones is 1. The first kappa shape index (κ1) is 47.4. The van der Waals surface area contributed by atoms with Gasteiger partial charge in [0.15, 0.2) is 12.1 Å². The summed E-state index contributed by atoms with van der Waals surface area (Å²) in [6.07, 6.45) is 3.49. The zero-order valence-electron chi connectivity index (χ0n) is 35.7. The van der Waals surface area contributed by atoms with Crippen molar-refractivity contribution in [2.45, 2.75) is 164 Å². The average Bonchev–Trinajstić information content (AvgIpc) is 3.84. The largest absolute Gasteiger partial charge is 0.459 e. The Kier molecular flexibility index (Phi) is 17.2. The number of likely N-dealkylation sites (N-methyl/N-ethyl adjacent to an activating group) is 1. The van der Waals surface area contributed by atoms with Crippen LogP contribution in [0.4, 0.5) is 5.69 Å². The van der Waals surface area contributed by atoms with Crippen LogP contribution in [-0.2, 0) is 43.3 Å². The number of aromatic nitrogens is 3. The van der Waals surface area contributed by atoms with Crippen LogP contribution in [0.2, 0.25) is 0 Å². The van der Waals surface area contributed by atoms with Crippen molar-refractivity contribution in [3.8, 4) is 0 Å². The molecule has 0 bridgehead atoms.